The Morgan fingerprint density at radius 3 is 2.95 bits per heavy atom. The molecule has 4 nitrogen and oxygen atoms in total. The second-order valence-corrected chi connectivity index (χ2v) is 6.84. The van der Waals surface area contributed by atoms with E-state index in [2.05, 4.69) is 23.1 Å². The summed E-state index contributed by atoms with van der Waals surface area (Å²) in [5.74, 6) is 3.36. The van der Waals surface area contributed by atoms with E-state index in [0.717, 1.165) is 36.6 Å². The first kappa shape index (κ1) is 12.8. The number of methoxy groups -OCH3 is 1. The number of benzene rings is 1. The number of hydrogen-bond donors (Lipinski definition) is 0. The third kappa shape index (κ3) is 1.56. The molecular formula is C18H21NO3. The largest absolute Gasteiger partial charge is 0.501 e. The van der Waals surface area contributed by atoms with Crippen molar-refractivity contribution in [1.82, 2.24) is 4.90 Å². The standard InChI is InChI=1S/C18H21NO3/c1-20-13-8-15-14-9-17-16(21-11-22-17)7-12(14)3-6-19-5-2-4-18(15,19)10-13/h7-9,15H,2-6,10-11H2,1H3/t15-,18-/m0/s1. The fraction of sp³-hybridized carbons (Fsp3) is 0.556. The average molecular weight is 299 g/mol. The molecule has 0 unspecified atom stereocenters. The highest BCUT2D eigenvalue weighted by Gasteiger charge is 2.52. The van der Waals surface area contributed by atoms with Crippen LogP contribution < -0.4 is 9.47 Å². The molecule has 5 rings (SSSR count). The highest BCUT2D eigenvalue weighted by Crippen LogP contribution is 2.54. The van der Waals surface area contributed by atoms with Gasteiger partial charge in [-0.25, -0.2) is 0 Å². The van der Waals surface area contributed by atoms with E-state index in [1.165, 1.54) is 30.5 Å². The molecule has 0 N–H and O–H groups in total. The van der Waals surface area contributed by atoms with E-state index in [0.29, 0.717) is 12.7 Å². The summed E-state index contributed by atoms with van der Waals surface area (Å²) < 4.78 is 16.8. The minimum Gasteiger partial charge on any atom is -0.501 e. The van der Waals surface area contributed by atoms with E-state index in [9.17, 15) is 0 Å². The summed E-state index contributed by atoms with van der Waals surface area (Å²) in [5.41, 5.74) is 3.06. The number of rotatable bonds is 1. The molecule has 3 heterocycles. The van der Waals surface area contributed by atoms with Gasteiger partial charge in [-0.2, -0.15) is 0 Å². The Kier molecular flexibility index (Phi) is 2.57. The second-order valence-electron chi connectivity index (χ2n) is 6.84. The molecule has 3 aliphatic heterocycles. The zero-order chi connectivity index (χ0) is 14.7. The van der Waals surface area contributed by atoms with Crippen molar-refractivity contribution in [3.8, 4) is 11.5 Å². The Morgan fingerprint density at radius 2 is 2.09 bits per heavy atom. The second kappa shape index (κ2) is 4.42. The summed E-state index contributed by atoms with van der Waals surface area (Å²) in [6.07, 6.45) is 7.04. The van der Waals surface area contributed by atoms with E-state index in [1.807, 2.05) is 0 Å². The van der Waals surface area contributed by atoms with Crippen molar-refractivity contribution < 1.29 is 14.2 Å². The van der Waals surface area contributed by atoms with Gasteiger partial charge in [-0.05, 0) is 55.1 Å². The maximum atomic E-state index is 5.63. The Hall–Kier alpha value is -1.68. The minimum absolute atomic E-state index is 0.226. The van der Waals surface area contributed by atoms with Gasteiger partial charge in [0.15, 0.2) is 11.5 Å². The van der Waals surface area contributed by atoms with Crippen molar-refractivity contribution in [2.45, 2.75) is 37.1 Å². The summed E-state index contributed by atoms with van der Waals surface area (Å²) in [7, 11) is 1.80. The quantitative estimate of drug-likeness (QED) is 0.798. The van der Waals surface area contributed by atoms with Crippen LogP contribution in [0.4, 0.5) is 0 Å². The van der Waals surface area contributed by atoms with Gasteiger partial charge in [0.25, 0.3) is 0 Å². The lowest BCUT2D eigenvalue weighted by Gasteiger charge is -2.38. The molecule has 4 aliphatic rings. The fourth-order valence-electron chi connectivity index (χ4n) is 4.94. The molecule has 1 aromatic rings. The average Bonchev–Trinajstić information content (AvgIpc) is 3.22. The van der Waals surface area contributed by atoms with Crippen LogP contribution in [0.2, 0.25) is 0 Å². The molecule has 0 saturated carbocycles. The third-order valence-corrected chi connectivity index (χ3v) is 5.96. The predicted molar refractivity (Wildman–Crippen MR) is 82.3 cm³/mol. The Morgan fingerprint density at radius 1 is 1.23 bits per heavy atom. The molecule has 1 saturated heterocycles. The van der Waals surface area contributed by atoms with Crippen LogP contribution in [-0.2, 0) is 11.2 Å². The van der Waals surface area contributed by atoms with Crippen LogP contribution in [0.5, 0.6) is 11.5 Å². The fourth-order valence-corrected chi connectivity index (χ4v) is 4.94. The van der Waals surface area contributed by atoms with Crippen LogP contribution in [0.25, 0.3) is 0 Å². The molecule has 2 atom stereocenters. The topological polar surface area (TPSA) is 30.9 Å². The van der Waals surface area contributed by atoms with Crippen molar-refractivity contribution >= 4 is 0 Å². The molecular weight excluding hydrogens is 278 g/mol. The van der Waals surface area contributed by atoms with E-state index < -0.39 is 0 Å². The van der Waals surface area contributed by atoms with Gasteiger partial charge in [0.2, 0.25) is 6.79 Å². The molecule has 0 aromatic heterocycles. The highest BCUT2D eigenvalue weighted by molar-refractivity contribution is 5.53. The summed E-state index contributed by atoms with van der Waals surface area (Å²) in [6.45, 7) is 2.69. The number of hydrogen-bond acceptors (Lipinski definition) is 4. The van der Waals surface area contributed by atoms with Gasteiger partial charge in [0.1, 0.15) is 0 Å². The molecule has 1 aromatic carbocycles. The number of fused-ring (bicyclic) bond motifs is 3. The lowest BCUT2D eigenvalue weighted by molar-refractivity contribution is 0.125. The molecule has 1 fully saturated rings. The molecule has 0 amide bonds. The van der Waals surface area contributed by atoms with Crippen molar-refractivity contribution in [3.05, 3.63) is 35.1 Å². The van der Waals surface area contributed by atoms with Gasteiger partial charge in [0, 0.05) is 24.4 Å². The molecule has 0 bridgehead atoms. The first-order valence-electron chi connectivity index (χ1n) is 8.22. The van der Waals surface area contributed by atoms with Crippen LogP contribution >= 0.6 is 0 Å². The molecule has 22 heavy (non-hydrogen) atoms. The third-order valence-electron chi connectivity index (χ3n) is 5.96. The van der Waals surface area contributed by atoms with Gasteiger partial charge in [0.05, 0.1) is 12.9 Å². The Labute approximate surface area is 130 Å². The molecule has 116 valence electrons. The Bertz CT molecular complexity index is 669. The minimum atomic E-state index is 0.226. The van der Waals surface area contributed by atoms with Crippen LogP contribution in [0.1, 0.15) is 36.3 Å². The number of ether oxygens (including phenoxy) is 3. The summed E-state index contributed by atoms with van der Waals surface area (Å²) in [6, 6.07) is 4.42. The lowest BCUT2D eigenvalue weighted by Crippen LogP contribution is -2.45. The van der Waals surface area contributed by atoms with Crippen LogP contribution in [0, 0.1) is 0 Å². The normalized spacial score (nSPS) is 32.0. The Balaban J connectivity index is 1.69. The highest BCUT2D eigenvalue weighted by atomic mass is 16.7. The maximum absolute atomic E-state index is 5.63. The maximum Gasteiger partial charge on any atom is 0.231 e. The predicted octanol–water partition coefficient (Wildman–Crippen LogP) is 2.82. The summed E-state index contributed by atoms with van der Waals surface area (Å²) in [4.78, 5) is 2.70. The van der Waals surface area contributed by atoms with E-state index in [-0.39, 0.29) is 5.54 Å². The molecule has 1 spiro atoms. The first-order chi connectivity index (χ1) is 10.8. The van der Waals surface area contributed by atoms with Crippen LogP contribution in [-0.4, -0.2) is 37.4 Å². The zero-order valence-corrected chi connectivity index (χ0v) is 12.9. The van der Waals surface area contributed by atoms with Gasteiger partial charge in [-0.15, -0.1) is 0 Å². The smallest absolute Gasteiger partial charge is 0.231 e. The van der Waals surface area contributed by atoms with Crippen molar-refractivity contribution in [3.63, 3.8) is 0 Å². The van der Waals surface area contributed by atoms with Gasteiger partial charge in [-0.3, -0.25) is 4.90 Å². The van der Waals surface area contributed by atoms with Crippen molar-refractivity contribution in [1.29, 1.82) is 0 Å². The van der Waals surface area contributed by atoms with E-state index in [1.54, 1.807) is 7.11 Å². The molecule has 4 heteroatoms. The van der Waals surface area contributed by atoms with Crippen LogP contribution in [0.15, 0.2) is 24.0 Å². The number of nitrogens with zero attached hydrogens (tertiary/aromatic N) is 1. The van der Waals surface area contributed by atoms with E-state index >= 15 is 0 Å². The van der Waals surface area contributed by atoms with Gasteiger partial charge >= 0.3 is 0 Å². The van der Waals surface area contributed by atoms with E-state index in [4.69, 9.17) is 14.2 Å². The lowest BCUT2D eigenvalue weighted by atomic mass is 9.79. The first-order valence-corrected chi connectivity index (χ1v) is 8.22. The molecule has 0 radical (unpaired) electrons. The van der Waals surface area contributed by atoms with Crippen LogP contribution in [0.3, 0.4) is 0 Å². The zero-order valence-electron chi connectivity index (χ0n) is 12.9. The van der Waals surface area contributed by atoms with Crippen molar-refractivity contribution in [2.24, 2.45) is 0 Å². The van der Waals surface area contributed by atoms with Gasteiger partial charge in [-0.1, -0.05) is 0 Å². The summed E-state index contributed by atoms with van der Waals surface area (Å²) in [5, 5.41) is 0. The van der Waals surface area contributed by atoms with Crippen molar-refractivity contribution in [2.75, 3.05) is 27.0 Å². The molecule has 1 aliphatic carbocycles. The summed E-state index contributed by atoms with van der Waals surface area (Å²) >= 11 is 0. The monoisotopic (exact) mass is 299 g/mol. The SMILES string of the molecule is COC1=C[C@H]2c3cc4c(cc3CCN3CCC[C@]23C1)OCO4. The van der Waals surface area contributed by atoms with Gasteiger partial charge < -0.3 is 14.2 Å².